The fourth-order valence-electron chi connectivity index (χ4n) is 2.68. The van der Waals surface area contributed by atoms with Gasteiger partial charge in [0.05, 0.1) is 5.69 Å². The summed E-state index contributed by atoms with van der Waals surface area (Å²) in [5.74, 6) is 0.711. The Hall–Kier alpha value is -1.68. The van der Waals surface area contributed by atoms with E-state index in [2.05, 4.69) is 62.3 Å². The highest BCUT2D eigenvalue weighted by Gasteiger charge is 2.17. The van der Waals surface area contributed by atoms with Crippen LogP contribution in [0, 0.1) is 5.92 Å². The smallest absolute Gasteiger partial charge is 0.229 e. The average molecular weight is 345 g/mol. The van der Waals surface area contributed by atoms with Gasteiger partial charge in [0.15, 0.2) is 5.13 Å². The normalized spacial score (nSPS) is 12.4. The van der Waals surface area contributed by atoms with E-state index in [9.17, 15) is 4.79 Å². The summed E-state index contributed by atoms with van der Waals surface area (Å²) in [4.78, 5) is 16.9. The van der Waals surface area contributed by atoms with E-state index in [4.69, 9.17) is 0 Å². The quantitative estimate of drug-likeness (QED) is 0.629. The fourth-order valence-corrected chi connectivity index (χ4v) is 3.40. The topological polar surface area (TPSA) is 42.0 Å². The van der Waals surface area contributed by atoms with Crippen molar-refractivity contribution < 1.29 is 4.79 Å². The lowest BCUT2D eigenvalue weighted by Crippen LogP contribution is -2.22. The maximum Gasteiger partial charge on any atom is 0.229 e. The third-order valence-electron chi connectivity index (χ3n) is 4.38. The van der Waals surface area contributed by atoms with Gasteiger partial charge in [0.25, 0.3) is 0 Å². The maximum atomic E-state index is 12.4. The van der Waals surface area contributed by atoms with Crippen molar-refractivity contribution in [3.05, 3.63) is 35.2 Å². The SMILES string of the molecule is CCCC[C@H](CC)C(=O)Nc1nc(-c2ccc(C(C)C)cc2)cs1. The van der Waals surface area contributed by atoms with Crippen molar-refractivity contribution in [2.24, 2.45) is 5.92 Å². The van der Waals surface area contributed by atoms with Crippen LogP contribution in [0.5, 0.6) is 0 Å². The first-order chi connectivity index (χ1) is 11.5. The molecule has 0 aliphatic rings. The second-order valence-corrected chi connectivity index (χ2v) is 7.41. The largest absolute Gasteiger partial charge is 0.302 e. The first-order valence-electron chi connectivity index (χ1n) is 8.91. The molecule has 1 aromatic heterocycles. The van der Waals surface area contributed by atoms with Gasteiger partial charge in [-0.2, -0.15) is 0 Å². The molecule has 3 nitrogen and oxygen atoms in total. The highest BCUT2D eigenvalue weighted by Crippen LogP contribution is 2.27. The predicted octanol–water partition coefficient (Wildman–Crippen LogP) is 6.09. The summed E-state index contributed by atoms with van der Waals surface area (Å²) in [5.41, 5.74) is 3.34. The molecule has 0 unspecified atom stereocenters. The van der Waals surface area contributed by atoms with Gasteiger partial charge in [-0.15, -0.1) is 11.3 Å². The summed E-state index contributed by atoms with van der Waals surface area (Å²) >= 11 is 1.49. The number of aromatic nitrogens is 1. The molecule has 1 aromatic carbocycles. The Morgan fingerprint density at radius 1 is 1.21 bits per heavy atom. The number of amides is 1. The van der Waals surface area contributed by atoms with Gasteiger partial charge in [-0.05, 0) is 24.3 Å². The Morgan fingerprint density at radius 2 is 1.92 bits per heavy atom. The van der Waals surface area contributed by atoms with Crippen molar-refractivity contribution in [3.63, 3.8) is 0 Å². The Labute approximate surface area is 149 Å². The molecule has 4 heteroatoms. The van der Waals surface area contributed by atoms with Gasteiger partial charge in [0.1, 0.15) is 0 Å². The number of nitrogens with zero attached hydrogens (tertiary/aromatic N) is 1. The molecule has 2 aromatic rings. The number of rotatable bonds is 8. The van der Waals surface area contributed by atoms with Gasteiger partial charge >= 0.3 is 0 Å². The zero-order chi connectivity index (χ0) is 17.5. The first-order valence-corrected chi connectivity index (χ1v) is 9.79. The van der Waals surface area contributed by atoms with Crippen molar-refractivity contribution in [1.29, 1.82) is 0 Å². The summed E-state index contributed by atoms with van der Waals surface area (Å²) < 4.78 is 0. The van der Waals surface area contributed by atoms with Crippen LogP contribution in [0.4, 0.5) is 5.13 Å². The lowest BCUT2D eigenvalue weighted by atomic mass is 9.99. The van der Waals surface area contributed by atoms with Gasteiger partial charge in [0.2, 0.25) is 5.91 Å². The molecule has 1 heterocycles. The number of nitrogens with one attached hydrogen (secondary N) is 1. The van der Waals surface area contributed by atoms with Crippen LogP contribution >= 0.6 is 11.3 Å². The van der Waals surface area contributed by atoms with Crippen molar-refractivity contribution >= 4 is 22.4 Å². The molecule has 1 atom stereocenters. The average Bonchev–Trinajstić information content (AvgIpc) is 3.04. The van der Waals surface area contributed by atoms with Gasteiger partial charge in [0, 0.05) is 16.9 Å². The number of hydrogen-bond donors (Lipinski definition) is 1. The van der Waals surface area contributed by atoms with E-state index in [1.807, 2.05) is 5.38 Å². The highest BCUT2D eigenvalue weighted by molar-refractivity contribution is 7.14. The number of carbonyl (C=O) groups is 1. The summed E-state index contributed by atoms with van der Waals surface area (Å²) in [6, 6.07) is 8.50. The molecule has 1 amide bonds. The van der Waals surface area contributed by atoms with Crippen LogP contribution < -0.4 is 5.32 Å². The molecule has 0 aliphatic carbocycles. The molecular formula is C20H28N2OS. The molecule has 0 radical (unpaired) electrons. The second kappa shape index (κ2) is 8.97. The molecule has 2 rings (SSSR count). The van der Waals surface area contributed by atoms with Crippen molar-refractivity contribution in [2.45, 2.75) is 59.3 Å². The molecule has 0 spiro atoms. The van der Waals surface area contributed by atoms with Crippen molar-refractivity contribution in [2.75, 3.05) is 5.32 Å². The van der Waals surface area contributed by atoms with Crippen LogP contribution in [0.25, 0.3) is 11.3 Å². The summed E-state index contributed by atoms with van der Waals surface area (Å²) in [6.07, 6.45) is 4.04. The lowest BCUT2D eigenvalue weighted by molar-refractivity contribution is -0.120. The molecule has 0 bridgehead atoms. The van der Waals surface area contributed by atoms with E-state index in [1.165, 1.54) is 16.9 Å². The number of carbonyl (C=O) groups excluding carboxylic acids is 1. The summed E-state index contributed by atoms with van der Waals surface area (Å²) in [6.45, 7) is 8.61. The molecule has 1 N–H and O–H groups in total. The predicted molar refractivity (Wildman–Crippen MR) is 104 cm³/mol. The molecule has 24 heavy (non-hydrogen) atoms. The molecule has 0 saturated carbocycles. The van der Waals surface area contributed by atoms with Crippen molar-refractivity contribution in [3.8, 4) is 11.3 Å². The highest BCUT2D eigenvalue weighted by atomic mass is 32.1. The van der Waals surface area contributed by atoms with E-state index in [0.29, 0.717) is 11.0 Å². The van der Waals surface area contributed by atoms with Crippen LogP contribution in [-0.4, -0.2) is 10.9 Å². The maximum absolute atomic E-state index is 12.4. The Bertz CT molecular complexity index is 646. The van der Waals surface area contributed by atoms with Gasteiger partial charge in [-0.25, -0.2) is 4.98 Å². The molecule has 0 saturated heterocycles. The van der Waals surface area contributed by atoms with Crippen LogP contribution in [0.15, 0.2) is 29.6 Å². The summed E-state index contributed by atoms with van der Waals surface area (Å²) in [7, 11) is 0. The van der Waals surface area contributed by atoms with Gasteiger partial charge in [-0.3, -0.25) is 4.79 Å². The molecule has 0 aliphatic heterocycles. The van der Waals surface area contributed by atoms with E-state index in [0.717, 1.165) is 36.9 Å². The van der Waals surface area contributed by atoms with E-state index in [1.54, 1.807) is 0 Å². The van der Waals surface area contributed by atoms with Crippen molar-refractivity contribution in [1.82, 2.24) is 4.98 Å². The number of anilines is 1. The molecule has 130 valence electrons. The van der Waals surface area contributed by atoms with Gasteiger partial charge < -0.3 is 5.32 Å². The Balaban J connectivity index is 2.03. The second-order valence-electron chi connectivity index (χ2n) is 6.55. The number of thiazole rings is 1. The zero-order valence-corrected chi connectivity index (χ0v) is 16.0. The van der Waals surface area contributed by atoms with E-state index >= 15 is 0 Å². The third-order valence-corrected chi connectivity index (χ3v) is 5.13. The number of unbranched alkanes of at least 4 members (excludes halogenated alkanes) is 1. The lowest BCUT2D eigenvalue weighted by Gasteiger charge is -2.12. The third kappa shape index (κ3) is 4.91. The minimum atomic E-state index is 0.0858. The first kappa shape index (κ1) is 18.7. The van der Waals surface area contributed by atoms with Gasteiger partial charge in [-0.1, -0.05) is 64.8 Å². The van der Waals surface area contributed by atoms with Crippen LogP contribution in [0.1, 0.15) is 64.9 Å². The standard InChI is InChI=1S/C20H28N2OS/c1-5-7-8-15(6-2)19(23)22-20-21-18(13-24-20)17-11-9-16(10-12-17)14(3)4/h9-15H,5-8H2,1-4H3,(H,21,22,23)/t15-/m0/s1. The van der Waals surface area contributed by atoms with E-state index in [-0.39, 0.29) is 11.8 Å². The fraction of sp³-hybridized carbons (Fsp3) is 0.500. The minimum absolute atomic E-state index is 0.0858. The number of benzene rings is 1. The molecular weight excluding hydrogens is 316 g/mol. The molecule has 0 fully saturated rings. The van der Waals surface area contributed by atoms with Crippen LogP contribution in [0.2, 0.25) is 0 Å². The Kier molecular flexibility index (Phi) is 6.98. The summed E-state index contributed by atoms with van der Waals surface area (Å²) in [5, 5.41) is 5.69. The monoisotopic (exact) mass is 344 g/mol. The number of hydrogen-bond acceptors (Lipinski definition) is 3. The zero-order valence-electron chi connectivity index (χ0n) is 15.1. The minimum Gasteiger partial charge on any atom is -0.302 e. The van der Waals surface area contributed by atoms with E-state index < -0.39 is 0 Å². The van der Waals surface area contributed by atoms with Crippen LogP contribution in [0.3, 0.4) is 0 Å². The van der Waals surface area contributed by atoms with Crippen LogP contribution in [-0.2, 0) is 4.79 Å². The Morgan fingerprint density at radius 3 is 2.50 bits per heavy atom.